The molecule has 134 valence electrons. The van der Waals surface area contributed by atoms with Crippen molar-refractivity contribution in [1.82, 2.24) is 4.57 Å². The zero-order valence-corrected chi connectivity index (χ0v) is 14.3. The van der Waals surface area contributed by atoms with E-state index in [1.165, 1.54) is 7.11 Å². The van der Waals surface area contributed by atoms with Crippen molar-refractivity contribution in [1.29, 1.82) is 0 Å². The number of hydrogen-bond donors (Lipinski definition) is 1. The molecule has 0 amide bonds. The highest BCUT2D eigenvalue weighted by molar-refractivity contribution is 5.97. The standard InChI is InChI=1S/C20H19NO5/c1-25-20-8-14(11-22)6-7-19(20)26-13-16(24)10-21-9-15(12-23)17-4-2-3-5-18(17)21/h2-9,11-12,16,24H,10,13H2,1H3/t16-/m0/s1. The zero-order chi connectivity index (χ0) is 18.5. The first-order valence-electron chi connectivity index (χ1n) is 8.13. The monoisotopic (exact) mass is 353 g/mol. The van der Waals surface area contributed by atoms with E-state index < -0.39 is 6.10 Å². The molecule has 1 atom stereocenters. The smallest absolute Gasteiger partial charge is 0.161 e. The van der Waals surface area contributed by atoms with Crippen LogP contribution < -0.4 is 9.47 Å². The van der Waals surface area contributed by atoms with Crippen molar-refractivity contribution in [2.75, 3.05) is 13.7 Å². The van der Waals surface area contributed by atoms with Gasteiger partial charge in [-0.2, -0.15) is 0 Å². The molecule has 3 aromatic rings. The zero-order valence-electron chi connectivity index (χ0n) is 14.3. The van der Waals surface area contributed by atoms with Crippen molar-refractivity contribution in [3.63, 3.8) is 0 Å². The fraction of sp³-hybridized carbons (Fsp3) is 0.200. The molecule has 26 heavy (non-hydrogen) atoms. The van der Waals surface area contributed by atoms with Gasteiger partial charge in [0.1, 0.15) is 19.0 Å². The van der Waals surface area contributed by atoms with Crippen molar-refractivity contribution in [2.45, 2.75) is 12.6 Å². The van der Waals surface area contributed by atoms with Crippen molar-refractivity contribution in [3.05, 3.63) is 59.8 Å². The first-order valence-corrected chi connectivity index (χ1v) is 8.13. The third-order valence-electron chi connectivity index (χ3n) is 4.11. The normalized spacial score (nSPS) is 11.9. The summed E-state index contributed by atoms with van der Waals surface area (Å²) in [5.74, 6) is 0.875. The predicted octanol–water partition coefficient (Wildman–Crippen LogP) is 2.71. The molecule has 0 bridgehead atoms. The fourth-order valence-corrected chi connectivity index (χ4v) is 2.86. The third kappa shape index (κ3) is 3.60. The highest BCUT2D eigenvalue weighted by Crippen LogP contribution is 2.28. The summed E-state index contributed by atoms with van der Waals surface area (Å²) in [5.41, 5.74) is 1.94. The maximum absolute atomic E-state index is 11.2. The Morgan fingerprint density at radius 2 is 1.92 bits per heavy atom. The lowest BCUT2D eigenvalue weighted by Gasteiger charge is -2.16. The second-order valence-corrected chi connectivity index (χ2v) is 5.86. The summed E-state index contributed by atoms with van der Waals surface area (Å²) in [6, 6.07) is 12.3. The Morgan fingerprint density at radius 1 is 1.12 bits per heavy atom. The van der Waals surface area contributed by atoms with Crippen LogP contribution >= 0.6 is 0 Å². The number of aromatic nitrogens is 1. The van der Waals surface area contributed by atoms with Crippen LogP contribution in [0, 0.1) is 0 Å². The van der Waals surface area contributed by atoms with Gasteiger partial charge in [-0.25, -0.2) is 0 Å². The van der Waals surface area contributed by atoms with E-state index in [1.807, 2.05) is 28.8 Å². The summed E-state index contributed by atoms with van der Waals surface area (Å²) in [7, 11) is 1.49. The van der Waals surface area contributed by atoms with Crippen LogP contribution in [-0.2, 0) is 6.54 Å². The minimum absolute atomic E-state index is 0.0414. The highest BCUT2D eigenvalue weighted by Gasteiger charge is 2.13. The maximum atomic E-state index is 11.2. The topological polar surface area (TPSA) is 77.8 Å². The minimum atomic E-state index is -0.791. The van der Waals surface area contributed by atoms with Gasteiger partial charge in [-0.05, 0) is 24.3 Å². The molecule has 6 heteroatoms. The van der Waals surface area contributed by atoms with Crippen molar-refractivity contribution in [3.8, 4) is 11.5 Å². The Labute approximate surface area is 150 Å². The number of para-hydroxylation sites is 1. The van der Waals surface area contributed by atoms with Crippen molar-refractivity contribution in [2.24, 2.45) is 0 Å². The first-order chi connectivity index (χ1) is 12.7. The summed E-state index contributed by atoms with van der Waals surface area (Å²) in [4.78, 5) is 22.0. The highest BCUT2D eigenvalue weighted by atomic mass is 16.5. The Bertz CT molecular complexity index is 931. The predicted molar refractivity (Wildman–Crippen MR) is 97.2 cm³/mol. The Kier molecular flexibility index (Phi) is 5.34. The van der Waals surface area contributed by atoms with Crippen LogP contribution in [0.4, 0.5) is 0 Å². The number of nitrogens with zero attached hydrogens (tertiary/aromatic N) is 1. The third-order valence-corrected chi connectivity index (χ3v) is 4.11. The molecule has 1 N–H and O–H groups in total. The van der Waals surface area contributed by atoms with E-state index in [0.717, 1.165) is 23.5 Å². The van der Waals surface area contributed by atoms with E-state index in [-0.39, 0.29) is 13.2 Å². The SMILES string of the molecule is COc1cc(C=O)ccc1OC[C@@H](O)Cn1cc(C=O)c2ccccc21. The molecule has 3 rings (SSSR count). The lowest BCUT2D eigenvalue weighted by Crippen LogP contribution is -2.23. The van der Waals surface area contributed by atoms with E-state index in [1.54, 1.807) is 24.4 Å². The molecule has 0 fully saturated rings. The Hall–Kier alpha value is -3.12. The van der Waals surface area contributed by atoms with Crippen LogP contribution in [0.15, 0.2) is 48.7 Å². The van der Waals surface area contributed by atoms with Crippen molar-refractivity contribution >= 4 is 23.5 Å². The van der Waals surface area contributed by atoms with Crippen molar-refractivity contribution < 1.29 is 24.2 Å². The lowest BCUT2D eigenvalue weighted by molar-refractivity contribution is 0.0919. The van der Waals surface area contributed by atoms with Gasteiger partial charge < -0.3 is 19.1 Å². The number of aliphatic hydroxyl groups excluding tert-OH is 1. The van der Waals surface area contributed by atoms with Gasteiger partial charge in [0.25, 0.3) is 0 Å². The van der Waals surface area contributed by atoms with Gasteiger partial charge >= 0.3 is 0 Å². The van der Waals surface area contributed by atoms with E-state index in [4.69, 9.17) is 9.47 Å². The lowest BCUT2D eigenvalue weighted by atomic mass is 10.2. The first kappa shape index (κ1) is 17.7. The van der Waals surface area contributed by atoms with Crippen LogP contribution in [-0.4, -0.2) is 42.1 Å². The molecular weight excluding hydrogens is 334 g/mol. The number of fused-ring (bicyclic) bond motifs is 1. The largest absolute Gasteiger partial charge is 0.493 e. The fourth-order valence-electron chi connectivity index (χ4n) is 2.86. The average molecular weight is 353 g/mol. The van der Waals surface area contributed by atoms with Gasteiger partial charge in [0, 0.05) is 28.2 Å². The summed E-state index contributed by atoms with van der Waals surface area (Å²) in [6.45, 7) is 0.322. The summed E-state index contributed by atoms with van der Waals surface area (Å²) >= 11 is 0. The second-order valence-electron chi connectivity index (χ2n) is 5.86. The molecule has 0 saturated heterocycles. The van der Waals surface area contributed by atoms with Gasteiger partial charge in [-0.15, -0.1) is 0 Å². The van der Waals surface area contributed by atoms with Gasteiger partial charge in [0.15, 0.2) is 17.8 Å². The molecule has 1 heterocycles. The summed E-state index contributed by atoms with van der Waals surface area (Å²) in [5, 5.41) is 11.2. The number of methoxy groups -OCH3 is 1. The molecule has 0 radical (unpaired) electrons. The molecule has 1 aromatic heterocycles. The van der Waals surface area contributed by atoms with Crippen LogP contribution in [0.25, 0.3) is 10.9 Å². The van der Waals surface area contributed by atoms with E-state index >= 15 is 0 Å². The molecule has 0 aliphatic heterocycles. The van der Waals surface area contributed by atoms with Crippen LogP contribution in [0.5, 0.6) is 11.5 Å². The van der Waals surface area contributed by atoms with Crippen LogP contribution in [0.3, 0.4) is 0 Å². The average Bonchev–Trinajstić information content (AvgIpc) is 3.04. The maximum Gasteiger partial charge on any atom is 0.161 e. The number of hydrogen-bond acceptors (Lipinski definition) is 5. The summed E-state index contributed by atoms with van der Waals surface area (Å²) < 4.78 is 12.7. The Balaban J connectivity index is 1.71. The molecule has 0 saturated carbocycles. The van der Waals surface area contributed by atoms with E-state index in [0.29, 0.717) is 22.6 Å². The number of rotatable bonds is 8. The summed E-state index contributed by atoms with van der Waals surface area (Å²) in [6.07, 6.45) is 2.46. The number of benzene rings is 2. The number of carbonyl (C=O) groups excluding carboxylic acids is 2. The number of aldehydes is 2. The molecule has 2 aromatic carbocycles. The molecule has 0 spiro atoms. The molecule has 0 aliphatic carbocycles. The van der Waals surface area contributed by atoms with E-state index in [2.05, 4.69) is 0 Å². The second kappa shape index (κ2) is 7.84. The van der Waals surface area contributed by atoms with Gasteiger partial charge in [-0.1, -0.05) is 18.2 Å². The Morgan fingerprint density at radius 3 is 2.65 bits per heavy atom. The quantitative estimate of drug-likeness (QED) is 0.630. The number of aliphatic hydroxyl groups is 1. The van der Waals surface area contributed by atoms with Crippen LogP contribution in [0.1, 0.15) is 20.7 Å². The van der Waals surface area contributed by atoms with Gasteiger partial charge in [-0.3, -0.25) is 9.59 Å². The van der Waals surface area contributed by atoms with Crippen LogP contribution in [0.2, 0.25) is 0 Å². The number of carbonyl (C=O) groups is 2. The van der Waals surface area contributed by atoms with E-state index in [9.17, 15) is 14.7 Å². The molecular formula is C20H19NO5. The number of ether oxygens (including phenoxy) is 2. The van der Waals surface area contributed by atoms with Gasteiger partial charge in [0.05, 0.1) is 13.7 Å². The molecule has 0 unspecified atom stereocenters. The molecule has 6 nitrogen and oxygen atoms in total. The minimum Gasteiger partial charge on any atom is -0.493 e. The van der Waals surface area contributed by atoms with Gasteiger partial charge in [0.2, 0.25) is 0 Å². The molecule has 0 aliphatic rings.